The van der Waals surface area contributed by atoms with Gasteiger partial charge in [0.15, 0.2) is 5.11 Å². The lowest BCUT2D eigenvalue weighted by Gasteiger charge is -2.27. The molecule has 0 bridgehead atoms. The number of pyridine rings is 1. The first-order valence-corrected chi connectivity index (χ1v) is 10.3. The molecule has 4 nitrogen and oxygen atoms in total. The standard InChI is InChI=1S/C21H28N4S/c1-2-3-13-25-20(16-11-14-24(15-16)17-8-4-5-9-17)19(23-21(25)26)18-10-6-7-12-22-18/h6-7,10-12,14-15,17,19-20H,2-5,8-9,13H2,1H3,(H,23,26)/t19-,20+/m0/s1. The summed E-state index contributed by atoms with van der Waals surface area (Å²) in [5, 5.41) is 4.40. The molecule has 2 atom stereocenters. The highest BCUT2D eigenvalue weighted by atomic mass is 32.1. The fraction of sp³-hybridized carbons (Fsp3) is 0.524. The monoisotopic (exact) mass is 368 g/mol. The first-order chi connectivity index (χ1) is 12.8. The molecule has 138 valence electrons. The van der Waals surface area contributed by atoms with E-state index in [4.69, 9.17) is 12.2 Å². The first kappa shape index (κ1) is 17.5. The van der Waals surface area contributed by atoms with Crippen LogP contribution in [0.25, 0.3) is 0 Å². The minimum Gasteiger partial charge on any atom is -0.352 e. The van der Waals surface area contributed by atoms with Crippen LogP contribution in [0.15, 0.2) is 42.9 Å². The van der Waals surface area contributed by atoms with E-state index in [9.17, 15) is 0 Å². The second-order valence-corrected chi connectivity index (χ2v) is 7.89. The van der Waals surface area contributed by atoms with Gasteiger partial charge >= 0.3 is 0 Å². The molecule has 1 saturated carbocycles. The number of nitrogens with zero attached hydrogens (tertiary/aromatic N) is 3. The van der Waals surface area contributed by atoms with Gasteiger partial charge in [-0.25, -0.2) is 0 Å². The van der Waals surface area contributed by atoms with Gasteiger partial charge in [0.2, 0.25) is 0 Å². The highest BCUT2D eigenvalue weighted by Gasteiger charge is 2.39. The molecular weight excluding hydrogens is 340 g/mol. The molecule has 26 heavy (non-hydrogen) atoms. The molecule has 1 saturated heterocycles. The maximum Gasteiger partial charge on any atom is 0.170 e. The largest absolute Gasteiger partial charge is 0.352 e. The van der Waals surface area contributed by atoms with Crippen molar-refractivity contribution in [1.82, 2.24) is 19.8 Å². The summed E-state index contributed by atoms with van der Waals surface area (Å²) in [6.45, 7) is 3.22. The SMILES string of the molecule is CCCCN1C(=S)N[C@@H](c2ccccn2)[C@H]1c1ccn(C2CCCC2)c1. The van der Waals surface area contributed by atoms with Crippen molar-refractivity contribution in [3.63, 3.8) is 0 Å². The summed E-state index contributed by atoms with van der Waals surface area (Å²) in [6, 6.07) is 9.41. The zero-order valence-corrected chi connectivity index (χ0v) is 16.3. The summed E-state index contributed by atoms with van der Waals surface area (Å²) in [6.07, 6.45) is 14.1. The highest BCUT2D eigenvalue weighted by molar-refractivity contribution is 7.80. The van der Waals surface area contributed by atoms with E-state index in [1.54, 1.807) is 0 Å². The summed E-state index contributed by atoms with van der Waals surface area (Å²) in [7, 11) is 0. The van der Waals surface area contributed by atoms with E-state index in [0.717, 1.165) is 23.8 Å². The molecule has 2 aromatic heterocycles. The average Bonchev–Trinajstić information content (AvgIpc) is 3.40. The molecule has 3 heterocycles. The van der Waals surface area contributed by atoms with Crippen LogP contribution in [0.3, 0.4) is 0 Å². The van der Waals surface area contributed by atoms with Crippen LogP contribution in [-0.4, -0.2) is 26.1 Å². The normalized spacial score (nSPS) is 23.6. The zero-order valence-electron chi connectivity index (χ0n) is 15.5. The second kappa shape index (κ2) is 7.78. The zero-order chi connectivity index (χ0) is 17.9. The van der Waals surface area contributed by atoms with Crippen molar-refractivity contribution < 1.29 is 0 Å². The van der Waals surface area contributed by atoms with Gasteiger partial charge < -0.3 is 14.8 Å². The van der Waals surface area contributed by atoms with Gasteiger partial charge in [0.25, 0.3) is 0 Å². The first-order valence-electron chi connectivity index (χ1n) is 9.93. The summed E-state index contributed by atoms with van der Waals surface area (Å²) in [4.78, 5) is 6.98. The molecule has 1 N–H and O–H groups in total. The summed E-state index contributed by atoms with van der Waals surface area (Å²) in [5.74, 6) is 0. The third-order valence-electron chi connectivity index (χ3n) is 5.78. The van der Waals surface area contributed by atoms with E-state index in [1.165, 1.54) is 37.7 Å². The predicted molar refractivity (Wildman–Crippen MR) is 109 cm³/mol. The van der Waals surface area contributed by atoms with Crippen molar-refractivity contribution >= 4 is 17.3 Å². The third kappa shape index (κ3) is 3.37. The molecule has 0 amide bonds. The van der Waals surface area contributed by atoms with E-state index in [2.05, 4.69) is 57.3 Å². The lowest BCUT2D eigenvalue weighted by atomic mass is 9.99. The van der Waals surface area contributed by atoms with Crippen molar-refractivity contribution in [1.29, 1.82) is 0 Å². The second-order valence-electron chi connectivity index (χ2n) is 7.50. The molecule has 0 unspecified atom stereocenters. The van der Waals surface area contributed by atoms with Gasteiger partial charge in [-0.05, 0) is 55.2 Å². The van der Waals surface area contributed by atoms with Crippen LogP contribution in [0.2, 0.25) is 0 Å². The number of nitrogens with one attached hydrogen (secondary N) is 1. The molecule has 2 fully saturated rings. The van der Waals surface area contributed by atoms with Crippen LogP contribution in [-0.2, 0) is 0 Å². The molecule has 4 rings (SSSR count). The van der Waals surface area contributed by atoms with E-state index in [0.29, 0.717) is 6.04 Å². The Hall–Kier alpha value is -1.88. The quantitative estimate of drug-likeness (QED) is 0.745. The van der Waals surface area contributed by atoms with E-state index in [-0.39, 0.29) is 12.1 Å². The van der Waals surface area contributed by atoms with E-state index >= 15 is 0 Å². The Bertz CT molecular complexity index is 735. The van der Waals surface area contributed by atoms with E-state index in [1.807, 2.05) is 12.3 Å². The van der Waals surface area contributed by atoms with Crippen LogP contribution in [0, 0.1) is 0 Å². The van der Waals surface area contributed by atoms with Crippen molar-refractivity contribution in [3.8, 4) is 0 Å². The number of rotatable bonds is 6. The van der Waals surface area contributed by atoms with Gasteiger partial charge in [-0.15, -0.1) is 0 Å². The molecule has 2 aliphatic rings. The van der Waals surface area contributed by atoms with Gasteiger partial charge in [0, 0.05) is 31.2 Å². The predicted octanol–water partition coefficient (Wildman–Crippen LogP) is 4.77. The number of hydrogen-bond acceptors (Lipinski definition) is 2. The van der Waals surface area contributed by atoms with Crippen LogP contribution >= 0.6 is 12.2 Å². The van der Waals surface area contributed by atoms with Gasteiger partial charge in [-0.3, -0.25) is 4.98 Å². The molecule has 0 aromatic carbocycles. The Kier molecular flexibility index (Phi) is 5.25. The van der Waals surface area contributed by atoms with Crippen LogP contribution < -0.4 is 5.32 Å². The molecular formula is C21H28N4S. The fourth-order valence-electron chi connectivity index (χ4n) is 4.37. The fourth-order valence-corrected chi connectivity index (χ4v) is 4.70. The summed E-state index contributed by atoms with van der Waals surface area (Å²) in [5.41, 5.74) is 2.41. The Balaban J connectivity index is 1.66. The molecule has 2 aromatic rings. The van der Waals surface area contributed by atoms with Gasteiger partial charge in [-0.1, -0.05) is 32.3 Å². The molecule has 5 heteroatoms. The maximum atomic E-state index is 5.70. The van der Waals surface area contributed by atoms with Crippen molar-refractivity contribution in [3.05, 3.63) is 54.1 Å². The smallest absolute Gasteiger partial charge is 0.170 e. The Morgan fingerprint density at radius 1 is 1.23 bits per heavy atom. The minimum absolute atomic E-state index is 0.111. The topological polar surface area (TPSA) is 33.1 Å². The van der Waals surface area contributed by atoms with Crippen LogP contribution in [0.1, 0.15) is 74.8 Å². The maximum absolute atomic E-state index is 5.70. The highest BCUT2D eigenvalue weighted by Crippen LogP contribution is 2.40. The van der Waals surface area contributed by atoms with Crippen LogP contribution in [0.5, 0.6) is 0 Å². The lowest BCUT2D eigenvalue weighted by Crippen LogP contribution is -2.30. The van der Waals surface area contributed by atoms with E-state index < -0.39 is 0 Å². The lowest BCUT2D eigenvalue weighted by molar-refractivity contribution is 0.312. The van der Waals surface area contributed by atoms with Gasteiger partial charge in [-0.2, -0.15) is 0 Å². The van der Waals surface area contributed by atoms with Gasteiger partial charge in [0.05, 0.1) is 17.8 Å². The number of aromatic nitrogens is 2. The number of unbranched alkanes of at least 4 members (excludes halogenated alkanes) is 1. The summed E-state index contributed by atoms with van der Waals surface area (Å²) < 4.78 is 2.43. The molecule has 1 aliphatic carbocycles. The molecule has 0 radical (unpaired) electrons. The van der Waals surface area contributed by atoms with Crippen molar-refractivity contribution in [2.75, 3.05) is 6.54 Å². The number of hydrogen-bond donors (Lipinski definition) is 1. The summed E-state index contributed by atoms with van der Waals surface area (Å²) >= 11 is 5.70. The Labute approximate surface area is 161 Å². The third-order valence-corrected chi connectivity index (χ3v) is 6.13. The Morgan fingerprint density at radius 2 is 2.08 bits per heavy atom. The van der Waals surface area contributed by atoms with Crippen molar-refractivity contribution in [2.24, 2.45) is 0 Å². The van der Waals surface area contributed by atoms with Gasteiger partial charge in [0.1, 0.15) is 0 Å². The molecule has 1 aliphatic heterocycles. The average molecular weight is 369 g/mol. The Morgan fingerprint density at radius 3 is 2.81 bits per heavy atom. The molecule has 0 spiro atoms. The van der Waals surface area contributed by atoms with Crippen molar-refractivity contribution in [2.45, 2.75) is 63.6 Å². The van der Waals surface area contributed by atoms with Crippen LogP contribution in [0.4, 0.5) is 0 Å². The number of thiocarbonyl (C=S) groups is 1. The minimum atomic E-state index is 0.111.